The van der Waals surface area contributed by atoms with Crippen LogP contribution in [0.3, 0.4) is 0 Å². The number of hydrogen-bond acceptors (Lipinski definition) is 2. The van der Waals surface area contributed by atoms with Crippen molar-refractivity contribution in [2.75, 3.05) is 26.2 Å². The number of dihydropyridines is 1. The van der Waals surface area contributed by atoms with E-state index in [1.54, 1.807) is 0 Å². The molecule has 0 aromatic rings. The van der Waals surface area contributed by atoms with Crippen molar-refractivity contribution in [3.63, 3.8) is 0 Å². The van der Waals surface area contributed by atoms with Gasteiger partial charge in [-0.15, -0.1) is 0 Å². The molecule has 2 nitrogen and oxygen atoms in total. The molecule has 1 fully saturated rings. The minimum Gasteiger partial charge on any atom is -0.299 e. The highest BCUT2D eigenvalue weighted by molar-refractivity contribution is 5.78. The second kappa shape index (κ2) is 5.87. The Hall–Kier alpha value is -1.15. The third-order valence-electron chi connectivity index (χ3n) is 4.45. The second-order valence-electron chi connectivity index (χ2n) is 6.09. The molecule has 0 bridgehead atoms. The molecule has 2 atom stereocenters. The normalized spacial score (nSPS) is 31.4. The molecule has 2 unspecified atom stereocenters. The molecule has 0 aromatic carbocycles. The molecule has 2 aliphatic heterocycles. The fourth-order valence-electron chi connectivity index (χ4n) is 3.33. The predicted octanol–water partition coefficient (Wildman–Crippen LogP) is 3.23. The Morgan fingerprint density at radius 1 is 1.26 bits per heavy atom. The van der Waals surface area contributed by atoms with Gasteiger partial charge in [-0.25, -0.2) is 0 Å². The zero-order valence-corrected chi connectivity index (χ0v) is 11.9. The number of rotatable bonds is 3. The average molecular weight is 256 g/mol. The first kappa shape index (κ1) is 12.9. The van der Waals surface area contributed by atoms with Crippen LogP contribution in [0.1, 0.15) is 26.2 Å². The van der Waals surface area contributed by atoms with Crippen LogP contribution in [0.25, 0.3) is 0 Å². The van der Waals surface area contributed by atoms with Crippen LogP contribution in [-0.4, -0.2) is 37.3 Å². The number of likely N-dealkylation sites (tertiary alicyclic amines) is 1. The molecule has 1 saturated heterocycles. The summed E-state index contributed by atoms with van der Waals surface area (Å²) in [7, 11) is 0. The molecule has 0 aromatic heterocycles. The highest BCUT2D eigenvalue weighted by Gasteiger charge is 2.21. The molecule has 0 N–H and O–H groups in total. The van der Waals surface area contributed by atoms with E-state index in [4.69, 9.17) is 0 Å². The Morgan fingerprint density at radius 2 is 2.11 bits per heavy atom. The Morgan fingerprint density at radius 3 is 2.79 bits per heavy atom. The fraction of sp³-hybridized carbons (Fsp3) is 0.588. The smallest absolute Gasteiger partial charge is 0.0458 e. The van der Waals surface area contributed by atoms with Crippen LogP contribution in [0.4, 0.5) is 0 Å². The molecule has 102 valence electrons. The number of hydrogen-bond donors (Lipinski definition) is 0. The molecule has 19 heavy (non-hydrogen) atoms. The van der Waals surface area contributed by atoms with Gasteiger partial charge in [0.25, 0.3) is 0 Å². The molecule has 3 rings (SSSR count). The minimum absolute atomic E-state index is 0.603. The lowest BCUT2D eigenvalue weighted by molar-refractivity contribution is 0.369. The minimum atomic E-state index is 0.603. The number of aliphatic imine (C=N–C) groups is 1. The molecule has 2 heterocycles. The van der Waals surface area contributed by atoms with Crippen molar-refractivity contribution in [1.29, 1.82) is 0 Å². The van der Waals surface area contributed by atoms with E-state index < -0.39 is 0 Å². The summed E-state index contributed by atoms with van der Waals surface area (Å²) in [6, 6.07) is 0. The van der Waals surface area contributed by atoms with Gasteiger partial charge in [0.2, 0.25) is 0 Å². The second-order valence-corrected chi connectivity index (χ2v) is 6.09. The van der Waals surface area contributed by atoms with E-state index in [1.165, 1.54) is 43.5 Å². The maximum absolute atomic E-state index is 4.46. The van der Waals surface area contributed by atoms with Gasteiger partial charge in [-0.2, -0.15) is 0 Å². The zero-order chi connectivity index (χ0) is 13.1. The molecule has 0 amide bonds. The molecule has 1 aliphatic carbocycles. The Labute approximate surface area is 116 Å². The average Bonchev–Trinajstić information content (AvgIpc) is 2.92. The van der Waals surface area contributed by atoms with Crippen molar-refractivity contribution in [3.05, 3.63) is 35.5 Å². The Balaban J connectivity index is 1.55. The van der Waals surface area contributed by atoms with E-state index in [0.29, 0.717) is 11.8 Å². The topological polar surface area (TPSA) is 15.6 Å². The van der Waals surface area contributed by atoms with Gasteiger partial charge in [-0.1, -0.05) is 24.3 Å². The third kappa shape index (κ3) is 3.24. The lowest BCUT2D eigenvalue weighted by atomic mass is 9.83. The van der Waals surface area contributed by atoms with Gasteiger partial charge in [0.05, 0.1) is 0 Å². The zero-order valence-electron chi connectivity index (χ0n) is 11.9. The quantitative estimate of drug-likeness (QED) is 0.757. The molecule has 3 aliphatic rings. The van der Waals surface area contributed by atoms with Crippen LogP contribution in [0.5, 0.6) is 0 Å². The van der Waals surface area contributed by atoms with Gasteiger partial charge in [0, 0.05) is 25.2 Å². The summed E-state index contributed by atoms with van der Waals surface area (Å²) in [6.07, 6.45) is 15.6. The number of allylic oxidation sites excluding steroid dienone is 3. The summed E-state index contributed by atoms with van der Waals surface area (Å²) in [5.41, 5.74) is 2.83. The van der Waals surface area contributed by atoms with Gasteiger partial charge in [-0.05, 0) is 56.3 Å². The van der Waals surface area contributed by atoms with Crippen LogP contribution in [0.15, 0.2) is 40.4 Å². The number of nitrogens with zero attached hydrogens (tertiary/aromatic N) is 2. The largest absolute Gasteiger partial charge is 0.299 e. The Bertz CT molecular complexity index is 436. The van der Waals surface area contributed by atoms with Crippen molar-refractivity contribution in [3.8, 4) is 0 Å². The van der Waals surface area contributed by atoms with Crippen molar-refractivity contribution in [2.45, 2.75) is 26.2 Å². The summed E-state index contributed by atoms with van der Waals surface area (Å²) in [6.45, 7) is 6.83. The first-order valence-electron chi connectivity index (χ1n) is 7.59. The van der Waals surface area contributed by atoms with Crippen LogP contribution < -0.4 is 0 Å². The fourth-order valence-corrected chi connectivity index (χ4v) is 3.33. The summed E-state index contributed by atoms with van der Waals surface area (Å²) >= 11 is 0. The van der Waals surface area contributed by atoms with Crippen LogP contribution in [0.2, 0.25) is 0 Å². The van der Waals surface area contributed by atoms with Crippen molar-refractivity contribution in [2.24, 2.45) is 16.8 Å². The SMILES string of the molecule is CC1=CC(C2C=CC(CN3CCCC3)=CC2)CN=C1. The Kier molecular flexibility index (Phi) is 3.97. The third-order valence-corrected chi connectivity index (χ3v) is 4.45. The van der Waals surface area contributed by atoms with E-state index >= 15 is 0 Å². The van der Waals surface area contributed by atoms with E-state index in [2.05, 4.69) is 41.1 Å². The van der Waals surface area contributed by atoms with Crippen LogP contribution in [0, 0.1) is 11.8 Å². The molecular weight excluding hydrogens is 232 g/mol. The van der Waals surface area contributed by atoms with Crippen molar-refractivity contribution < 1.29 is 0 Å². The molecular formula is C17H24N2. The van der Waals surface area contributed by atoms with Gasteiger partial charge in [0.15, 0.2) is 0 Å². The van der Waals surface area contributed by atoms with E-state index in [-0.39, 0.29) is 0 Å². The maximum Gasteiger partial charge on any atom is 0.0458 e. The lowest BCUT2D eigenvalue weighted by Crippen LogP contribution is -2.23. The van der Waals surface area contributed by atoms with Crippen LogP contribution >= 0.6 is 0 Å². The van der Waals surface area contributed by atoms with Gasteiger partial charge in [0.1, 0.15) is 0 Å². The van der Waals surface area contributed by atoms with Crippen molar-refractivity contribution in [1.82, 2.24) is 4.90 Å². The predicted molar refractivity (Wildman–Crippen MR) is 81.6 cm³/mol. The summed E-state index contributed by atoms with van der Waals surface area (Å²) < 4.78 is 0. The van der Waals surface area contributed by atoms with Gasteiger partial charge < -0.3 is 0 Å². The first-order valence-corrected chi connectivity index (χ1v) is 7.59. The molecule has 2 heteroatoms. The summed E-state index contributed by atoms with van der Waals surface area (Å²) in [5, 5.41) is 0. The standard InChI is InChI=1S/C17H24N2/c1-14-10-17(12-18-11-14)16-6-4-15(5-7-16)13-19-8-2-3-9-19/h4-6,10-11,16-17H,2-3,7-9,12-13H2,1H3. The van der Waals surface area contributed by atoms with Gasteiger partial charge in [-0.3, -0.25) is 9.89 Å². The van der Waals surface area contributed by atoms with Crippen molar-refractivity contribution >= 4 is 6.21 Å². The highest BCUT2D eigenvalue weighted by atomic mass is 15.1. The first-order chi connectivity index (χ1) is 9.31. The van der Waals surface area contributed by atoms with E-state index in [1.807, 2.05) is 6.21 Å². The summed E-state index contributed by atoms with van der Waals surface area (Å²) in [4.78, 5) is 7.04. The van der Waals surface area contributed by atoms with Crippen LogP contribution in [-0.2, 0) is 0 Å². The van der Waals surface area contributed by atoms with Gasteiger partial charge >= 0.3 is 0 Å². The molecule has 0 saturated carbocycles. The monoisotopic (exact) mass is 256 g/mol. The molecule has 0 radical (unpaired) electrons. The lowest BCUT2D eigenvalue weighted by Gasteiger charge is -2.25. The van der Waals surface area contributed by atoms with E-state index in [9.17, 15) is 0 Å². The maximum atomic E-state index is 4.46. The summed E-state index contributed by atoms with van der Waals surface area (Å²) in [5.74, 6) is 1.25. The molecule has 0 spiro atoms. The highest BCUT2D eigenvalue weighted by Crippen LogP contribution is 2.28. The van der Waals surface area contributed by atoms with E-state index in [0.717, 1.165) is 13.1 Å².